The molecule has 2 rings (SSSR count). The Hall–Kier alpha value is -1.86. The average Bonchev–Trinajstić information content (AvgIpc) is 2.49. The van der Waals surface area contributed by atoms with Gasteiger partial charge in [0.1, 0.15) is 6.07 Å². The van der Waals surface area contributed by atoms with Crippen molar-refractivity contribution >= 4 is 11.6 Å². The summed E-state index contributed by atoms with van der Waals surface area (Å²) in [5, 5.41) is 15.4. The number of nitrogens with zero attached hydrogens (tertiary/aromatic N) is 1. The predicted molar refractivity (Wildman–Crippen MR) is 79.2 cm³/mol. The molecule has 1 aromatic rings. The predicted octanol–water partition coefficient (Wildman–Crippen LogP) is 2.67. The second-order valence-corrected chi connectivity index (χ2v) is 5.39. The number of piperidine rings is 1. The molecule has 0 saturated carbocycles. The molecule has 1 fully saturated rings. The Morgan fingerprint density at radius 2 is 2.10 bits per heavy atom. The van der Waals surface area contributed by atoms with E-state index in [0.717, 1.165) is 38.8 Å². The molecule has 20 heavy (non-hydrogen) atoms. The molecule has 0 radical (unpaired) electrons. The van der Waals surface area contributed by atoms with Crippen LogP contribution in [0.2, 0.25) is 0 Å². The van der Waals surface area contributed by atoms with Crippen molar-refractivity contribution in [1.82, 2.24) is 5.32 Å². The molecular weight excluding hydrogens is 250 g/mol. The first-order chi connectivity index (χ1) is 9.72. The van der Waals surface area contributed by atoms with E-state index < -0.39 is 0 Å². The van der Waals surface area contributed by atoms with Crippen molar-refractivity contribution in [3.05, 3.63) is 29.8 Å². The van der Waals surface area contributed by atoms with Gasteiger partial charge in [-0.15, -0.1) is 0 Å². The van der Waals surface area contributed by atoms with Gasteiger partial charge < -0.3 is 10.6 Å². The molecule has 1 saturated heterocycles. The third-order valence-electron chi connectivity index (χ3n) is 4.07. The molecular formula is C16H21N3O. The fourth-order valence-corrected chi connectivity index (χ4v) is 2.92. The third kappa shape index (κ3) is 3.00. The SMILES string of the molecule is CCCC1(C(=O)Nc2ccccc2C#N)CCNCC1. The molecule has 1 heterocycles. The molecule has 1 aliphatic rings. The van der Waals surface area contributed by atoms with Crippen LogP contribution in [0.1, 0.15) is 38.2 Å². The first-order valence-electron chi connectivity index (χ1n) is 7.23. The Labute approximate surface area is 120 Å². The van der Waals surface area contributed by atoms with Crippen molar-refractivity contribution < 1.29 is 4.79 Å². The van der Waals surface area contributed by atoms with Crippen LogP contribution in [0, 0.1) is 16.7 Å². The number of carbonyl (C=O) groups is 1. The first-order valence-corrected chi connectivity index (χ1v) is 7.23. The number of benzene rings is 1. The van der Waals surface area contributed by atoms with Crippen LogP contribution in [-0.4, -0.2) is 19.0 Å². The molecule has 1 aliphatic heterocycles. The van der Waals surface area contributed by atoms with Crippen LogP contribution in [0.5, 0.6) is 0 Å². The molecule has 0 aromatic heterocycles. The smallest absolute Gasteiger partial charge is 0.230 e. The zero-order valence-electron chi connectivity index (χ0n) is 11.9. The highest BCUT2D eigenvalue weighted by Crippen LogP contribution is 2.35. The second-order valence-electron chi connectivity index (χ2n) is 5.39. The average molecular weight is 271 g/mol. The summed E-state index contributed by atoms with van der Waals surface area (Å²) in [6, 6.07) is 9.28. The fraction of sp³-hybridized carbons (Fsp3) is 0.500. The van der Waals surface area contributed by atoms with Crippen LogP contribution >= 0.6 is 0 Å². The summed E-state index contributed by atoms with van der Waals surface area (Å²) >= 11 is 0. The van der Waals surface area contributed by atoms with Crippen LogP contribution in [-0.2, 0) is 4.79 Å². The number of nitrogens with one attached hydrogen (secondary N) is 2. The van der Waals surface area contributed by atoms with Crippen molar-refractivity contribution in [2.24, 2.45) is 5.41 Å². The highest BCUT2D eigenvalue weighted by molar-refractivity contribution is 5.96. The van der Waals surface area contributed by atoms with Crippen molar-refractivity contribution in [1.29, 1.82) is 5.26 Å². The minimum absolute atomic E-state index is 0.0588. The summed E-state index contributed by atoms with van der Waals surface area (Å²) in [6.07, 6.45) is 3.62. The second kappa shape index (κ2) is 6.53. The van der Waals surface area contributed by atoms with E-state index in [9.17, 15) is 4.79 Å². The summed E-state index contributed by atoms with van der Waals surface area (Å²) in [5.41, 5.74) is 0.846. The van der Waals surface area contributed by atoms with Crippen molar-refractivity contribution in [3.8, 4) is 6.07 Å². The molecule has 4 nitrogen and oxygen atoms in total. The minimum atomic E-state index is -0.289. The Bertz CT molecular complexity index is 507. The summed E-state index contributed by atoms with van der Waals surface area (Å²) in [7, 11) is 0. The number of rotatable bonds is 4. The maximum Gasteiger partial charge on any atom is 0.230 e. The molecule has 0 spiro atoms. The van der Waals surface area contributed by atoms with Crippen LogP contribution < -0.4 is 10.6 Å². The summed E-state index contributed by atoms with van der Waals surface area (Å²) in [5.74, 6) is 0.0588. The van der Waals surface area contributed by atoms with Gasteiger partial charge in [-0.25, -0.2) is 0 Å². The maximum atomic E-state index is 12.7. The number of hydrogen-bond acceptors (Lipinski definition) is 3. The molecule has 1 amide bonds. The van der Waals surface area contributed by atoms with E-state index >= 15 is 0 Å². The van der Waals surface area contributed by atoms with E-state index in [0.29, 0.717) is 11.3 Å². The lowest BCUT2D eigenvalue weighted by molar-refractivity contribution is -0.127. The van der Waals surface area contributed by atoms with Crippen molar-refractivity contribution in [2.45, 2.75) is 32.6 Å². The molecule has 0 bridgehead atoms. The number of anilines is 1. The van der Waals surface area contributed by atoms with E-state index in [1.807, 2.05) is 6.07 Å². The highest BCUT2D eigenvalue weighted by Gasteiger charge is 2.38. The molecule has 106 valence electrons. The third-order valence-corrected chi connectivity index (χ3v) is 4.07. The Morgan fingerprint density at radius 1 is 1.40 bits per heavy atom. The normalized spacial score (nSPS) is 17.2. The van der Waals surface area contributed by atoms with E-state index in [1.165, 1.54) is 0 Å². The van der Waals surface area contributed by atoms with E-state index in [-0.39, 0.29) is 11.3 Å². The monoisotopic (exact) mass is 271 g/mol. The summed E-state index contributed by atoms with van der Waals surface area (Å²) < 4.78 is 0. The quantitative estimate of drug-likeness (QED) is 0.885. The Balaban J connectivity index is 2.18. The lowest BCUT2D eigenvalue weighted by atomic mass is 9.74. The van der Waals surface area contributed by atoms with Crippen LogP contribution in [0.4, 0.5) is 5.69 Å². The van der Waals surface area contributed by atoms with Gasteiger partial charge in [0.15, 0.2) is 0 Å². The van der Waals surface area contributed by atoms with Crippen LogP contribution in [0.3, 0.4) is 0 Å². The number of hydrogen-bond donors (Lipinski definition) is 2. The lowest BCUT2D eigenvalue weighted by Crippen LogP contribution is -2.44. The van der Waals surface area contributed by atoms with Gasteiger partial charge >= 0.3 is 0 Å². The van der Waals surface area contributed by atoms with Gasteiger partial charge in [-0.1, -0.05) is 25.5 Å². The zero-order valence-corrected chi connectivity index (χ0v) is 11.9. The molecule has 0 aliphatic carbocycles. The Morgan fingerprint density at radius 3 is 2.75 bits per heavy atom. The topological polar surface area (TPSA) is 64.9 Å². The van der Waals surface area contributed by atoms with Gasteiger partial charge in [-0.2, -0.15) is 5.26 Å². The van der Waals surface area contributed by atoms with E-state index in [2.05, 4.69) is 23.6 Å². The first kappa shape index (κ1) is 14.5. The molecule has 1 aromatic carbocycles. The Kier molecular flexibility index (Phi) is 4.75. The summed E-state index contributed by atoms with van der Waals surface area (Å²) in [4.78, 5) is 12.7. The van der Waals surface area contributed by atoms with Gasteiger partial charge in [-0.3, -0.25) is 4.79 Å². The molecule has 0 atom stereocenters. The largest absolute Gasteiger partial charge is 0.324 e. The number of nitriles is 1. The number of carbonyl (C=O) groups excluding carboxylic acids is 1. The molecule has 0 unspecified atom stereocenters. The van der Waals surface area contributed by atoms with Gasteiger partial charge in [-0.05, 0) is 44.5 Å². The van der Waals surface area contributed by atoms with Crippen LogP contribution in [0.15, 0.2) is 24.3 Å². The van der Waals surface area contributed by atoms with Gasteiger partial charge in [0, 0.05) is 0 Å². The number of amides is 1. The zero-order chi connectivity index (χ0) is 14.4. The fourth-order valence-electron chi connectivity index (χ4n) is 2.92. The van der Waals surface area contributed by atoms with E-state index in [4.69, 9.17) is 5.26 Å². The minimum Gasteiger partial charge on any atom is -0.324 e. The standard InChI is InChI=1S/C16H21N3O/c1-2-7-16(8-10-18-11-9-16)15(20)19-14-6-4-3-5-13(14)12-17/h3-6,18H,2,7-11H2,1H3,(H,19,20). The van der Waals surface area contributed by atoms with E-state index in [1.54, 1.807) is 18.2 Å². The van der Waals surface area contributed by atoms with Crippen molar-refractivity contribution in [2.75, 3.05) is 18.4 Å². The van der Waals surface area contributed by atoms with Gasteiger partial charge in [0.2, 0.25) is 5.91 Å². The maximum absolute atomic E-state index is 12.7. The van der Waals surface area contributed by atoms with Crippen LogP contribution in [0.25, 0.3) is 0 Å². The lowest BCUT2D eigenvalue weighted by Gasteiger charge is -2.36. The molecule has 2 N–H and O–H groups in total. The summed E-state index contributed by atoms with van der Waals surface area (Å²) in [6.45, 7) is 3.88. The van der Waals surface area contributed by atoms with Gasteiger partial charge in [0.05, 0.1) is 16.7 Å². The van der Waals surface area contributed by atoms with Gasteiger partial charge in [0.25, 0.3) is 0 Å². The molecule has 4 heteroatoms. The highest BCUT2D eigenvalue weighted by atomic mass is 16.2. The number of para-hydroxylation sites is 1. The van der Waals surface area contributed by atoms with Crippen molar-refractivity contribution in [3.63, 3.8) is 0 Å².